The van der Waals surface area contributed by atoms with Crippen LogP contribution in [0, 0.1) is 0 Å². The maximum atomic E-state index is 12.5. The van der Waals surface area contributed by atoms with Gasteiger partial charge < -0.3 is 24.4 Å². The van der Waals surface area contributed by atoms with Crippen LogP contribution in [0.25, 0.3) is 0 Å². The molecule has 3 N–H and O–H groups in total. The molecule has 2 rings (SSSR count). The van der Waals surface area contributed by atoms with Crippen molar-refractivity contribution in [3.05, 3.63) is 58.6 Å². The molecule has 0 aliphatic heterocycles. The van der Waals surface area contributed by atoms with Crippen molar-refractivity contribution in [3.63, 3.8) is 0 Å². The van der Waals surface area contributed by atoms with Gasteiger partial charge in [-0.05, 0) is 48.9 Å². The first-order chi connectivity index (χ1) is 14.1. The minimum atomic E-state index is -0.754. The number of ether oxygens (including phenoxy) is 3. The number of amides is 1. The van der Waals surface area contributed by atoms with E-state index in [0.717, 1.165) is 4.47 Å². The lowest BCUT2D eigenvalue weighted by atomic mass is 10.0. The average molecular weight is 468 g/mol. The van der Waals surface area contributed by atoms with Gasteiger partial charge in [0.15, 0.2) is 6.10 Å². The fourth-order valence-corrected chi connectivity index (χ4v) is 3.03. The van der Waals surface area contributed by atoms with Crippen LogP contribution in [0.15, 0.2) is 53.0 Å². The van der Waals surface area contributed by atoms with Crippen molar-refractivity contribution in [2.45, 2.75) is 25.6 Å². The van der Waals surface area contributed by atoms with Gasteiger partial charge in [-0.15, -0.1) is 0 Å². The molecule has 0 fully saturated rings. The lowest BCUT2D eigenvalue weighted by molar-refractivity contribution is -0.0484. The zero-order chi connectivity index (χ0) is 21.1. The van der Waals surface area contributed by atoms with Crippen LogP contribution in [0.3, 0.4) is 0 Å². The van der Waals surface area contributed by atoms with Gasteiger partial charge in [-0.3, -0.25) is 5.32 Å². The highest BCUT2D eigenvalue weighted by Gasteiger charge is 2.28. The molecule has 0 aliphatic carbocycles. The van der Waals surface area contributed by atoms with E-state index < -0.39 is 18.3 Å². The molecular weight excluding hydrogens is 442 g/mol. The summed E-state index contributed by atoms with van der Waals surface area (Å²) < 4.78 is 17.8. The minimum Gasteiger partial charge on any atom is -0.491 e. The van der Waals surface area contributed by atoms with Crippen LogP contribution in [-0.2, 0) is 9.47 Å². The summed E-state index contributed by atoms with van der Waals surface area (Å²) in [5.74, 6) is 0.540. The van der Waals surface area contributed by atoms with Gasteiger partial charge in [0.2, 0.25) is 0 Å². The first kappa shape index (κ1) is 23.2. The first-order valence-corrected chi connectivity index (χ1v) is 10.2. The van der Waals surface area contributed by atoms with Crippen molar-refractivity contribution in [1.29, 1.82) is 0 Å². The largest absolute Gasteiger partial charge is 0.491 e. The maximum absolute atomic E-state index is 12.5. The average Bonchev–Trinajstić information content (AvgIpc) is 2.72. The Labute approximate surface area is 178 Å². The molecule has 0 bridgehead atoms. The summed E-state index contributed by atoms with van der Waals surface area (Å²) in [6.45, 7) is 2.18. The third kappa shape index (κ3) is 7.66. The number of nitrogens with one attached hydrogen (secondary N) is 1. The molecule has 7 nitrogen and oxygen atoms in total. The Balaban J connectivity index is 2.21. The van der Waals surface area contributed by atoms with Crippen LogP contribution in [0.4, 0.5) is 10.5 Å². The van der Waals surface area contributed by atoms with Crippen molar-refractivity contribution < 1.29 is 29.2 Å². The Morgan fingerprint density at radius 3 is 2.55 bits per heavy atom. The monoisotopic (exact) mass is 467 g/mol. The standard InChI is InChI=1S/C21H26BrNO6/c1-2-27-19(10-11-24)20(15-4-3-5-18(14-15)28-13-12-25)29-21(26)23-17-8-6-16(22)7-9-17/h3-9,14,19-20,24-25H,2,10-13H2,1H3,(H,23,26)/t19-,20-/m0/s1. The highest BCUT2D eigenvalue weighted by atomic mass is 79.9. The summed E-state index contributed by atoms with van der Waals surface area (Å²) in [4.78, 5) is 12.5. The SMILES string of the molecule is CCO[C@@H](CCO)[C@@H](OC(=O)Nc1ccc(Br)cc1)c1cccc(OCCO)c1. The molecule has 0 saturated carbocycles. The van der Waals surface area contributed by atoms with Gasteiger partial charge in [-0.25, -0.2) is 4.79 Å². The molecule has 2 aromatic carbocycles. The summed E-state index contributed by atoms with van der Waals surface area (Å²) in [5, 5.41) is 21.1. The van der Waals surface area contributed by atoms with E-state index in [1.807, 2.05) is 19.1 Å². The molecule has 0 heterocycles. The fourth-order valence-electron chi connectivity index (χ4n) is 2.76. The molecule has 8 heteroatoms. The van der Waals surface area contributed by atoms with Crippen LogP contribution in [0.1, 0.15) is 25.0 Å². The van der Waals surface area contributed by atoms with E-state index >= 15 is 0 Å². The van der Waals surface area contributed by atoms with Crippen LogP contribution >= 0.6 is 15.9 Å². The number of carbonyl (C=O) groups is 1. The third-order valence-corrected chi connectivity index (χ3v) is 4.53. The summed E-state index contributed by atoms with van der Waals surface area (Å²) in [6.07, 6.45) is -1.63. The van der Waals surface area contributed by atoms with Gasteiger partial charge in [0, 0.05) is 29.8 Å². The highest BCUT2D eigenvalue weighted by Crippen LogP contribution is 2.29. The lowest BCUT2D eigenvalue weighted by Crippen LogP contribution is -2.29. The number of carbonyl (C=O) groups excluding carboxylic acids is 1. The Morgan fingerprint density at radius 1 is 1.14 bits per heavy atom. The van der Waals surface area contributed by atoms with Gasteiger partial charge in [-0.1, -0.05) is 28.1 Å². The van der Waals surface area contributed by atoms with E-state index in [-0.39, 0.29) is 19.8 Å². The number of hydrogen-bond acceptors (Lipinski definition) is 6. The van der Waals surface area contributed by atoms with Crippen LogP contribution < -0.4 is 10.1 Å². The summed E-state index contributed by atoms with van der Waals surface area (Å²) in [6, 6.07) is 14.2. The number of aliphatic hydroxyl groups is 2. The first-order valence-electron chi connectivity index (χ1n) is 9.36. The number of anilines is 1. The second-order valence-electron chi connectivity index (χ2n) is 6.11. The predicted octanol–water partition coefficient (Wildman–Crippen LogP) is 3.90. The van der Waals surface area contributed by atoms with Gasteiger partial charge >= 0.3 is 6.09 Å². The maximum Gasteiger partial charge on any atom is 0.412 e. The Bertz CT molecular complexity index is 749. The molecular formula is C21H26BrNO6. The van der Waals surface area contributed by atoms with E-state index in [0.29, 0.717) is 30.0 Å². The van der Waals surface area contributed by atoms with Crippen molar-refractivity contribution in [1.82, 2.24) is 0 Å². The van der Waals surface area contributed by atoms with Crippen molar-refractivity contribution in [2.75, 3.05) is 31.7 Å². The van der Waals surface area contributed by atoms with E-state index in [1.165, 1.54) is 0 Å². The number of hydrogen-bond donors (Lipinski definition) is 3. The summed E-state index contributed by atoms with van der Waals surface area (Å²) in [5.41, 5.74) is 1.25. The summed E-state index contributed by atoms with van der Waals surface area (Å²) in [7, 11) is 0. The van der Waals surface area contributed by atoms with Gasteiger partial charge in [-0.2, -0.15) is 0 Å². The van der Waals surface area contributed by atoms with Crippen LogP contribution in [-0.4, -0.2) is 48.8 Å². The van der Waals surface area contributed by atoms with E-state index in [4.69, 9.17) is 19.3 Å². The smallest absolute Gasteiger partial charge is 0.412 e. The molecule has 29 heavy (non-hydrogen) atoms. The third-order valence-electron chi connectivity index (χ3n) is 4.00. The lowest BCUT2D eigenvalue weighted by Gasteiger charge is -2.27. The molecule has 0 aromatic heterocycles. The number of benzene rings is 2. The van der Waals surface area contributed by atoms with Crippen molar-refractivity contribution >= 4 is 27.7 Å². The van der Waals surface area contributed by atoms with Crippen LogP contribution in [0.2, 0.25) is 0 Å². The zero-order valence-electron chi connectivity index (χ0n) is 16.2. The fraction of sp³-hybridized carbons (Fsp3) is 0.381. The van der Waals surface area contributed by atoms with Gasteiger partial charge in [0.25, 0.3) is 0 Å². The van der Waals surface area contributed by atoms with E-state index in [9.17, 15) is 9.90 Å². The minimum absolute atomic E-state index is 0.105. The Hall–Kier alpha value is -2.13. The van der Waals surface area contributed by atoms with Crippen molar-refractivity contribution in [3.8, 4) is 5.75 Å². The van der Waals surface area contributed by atoms with Crippen LogP contribution in [0.5, 0.6) is 5.75 Å². The topological polar surface area (TPSA) is 97.2 Å². The normalized spacial score (nSPS) is 12.8. The molecule has 2 atom stereocenters. The predicted molar refractivity (Wildman–Crippen MR) is 113 cm³/mol. The molecule has 0 unspecified atom stereocenters. The van der Waals surface area contributed by atoms with Crippen molar-refractivity contribution in [2.24, 2.45) is 0 Å². The zero-order valence-corrected chi connectivity index (χ0v) is 17.8. The number of aliphatic hydroxyl groups excluding tert-OH is 2. The Morgan fingerprint density at radius 2 is 1.90 bits per heavy atom. The quantitative estimate of drug-likeness (QED) is 0.463. The number of rotatable bonds is 11. The highest BCUT2D eigenvalue weighted by molar-refractivity contribution is 9.10. The van der Waals surface area contributed by atoms with E-state index in [1.54, 1.807) is 36.4 Å². The van der Waals surface area contributed by atoms with Gasteiger partial charge in [0.05, 0.1) is 6.61 Å². The molecule has 158 valence electrons. The second-order valence-corrected chi connectivity index (χ2v) is 7.02. The molecule has 0 radical (unpaired) electrons. The molecule has 2 aromatic rings. The molecule has 1 amide bonds. The van der Waals surface area contributed by atoms with E-state index in [2.05, 4.69) is 21.2 Å². The molecule has 0 aliphatic rings. The number of halogens is 1. The summed E-state index contributed by atoms with van der Waals surface area (Å²) >= 11 is 3.35. The second kappa shape index (κ2) is 12.4. The van der Waals surface area contributed by atoms with Gasteiger partial charge in [0.1, 0.15) is 18.5 Å². The Kier molecular flexibility index (Phi) is 9.93. The molecule has 0 spiro atoms. The molecule has 0 saturated heterocycles.